The molecule has 0 aliphatic carbocycles. The quantitative estimate of drug-likeness (QED) is 0.736. The number of hydrogen-bond donors (Lipinski definition) is 1. The first-order valence-electron chi connectivity index (χ1n) is 8.69. The Morgan fingerprint density at radius 2 is 2.00 bits per heavy atom. The summed E-state index contributed by atoms with van der Waals surface area (Å²) in [5, 5.41) is 6.13. The fourth-order valence-corrected chi connectivity index (χ4v) is 3.71. The Bertz CT molecular complexity index is 829. The van der Waals surface area contributed by atoms with Crippen LogP contribution < -0.4 is 10.2 Å². The van der Waals surface area contributed by atoms with E-state index in [1.165, 1.54) is 0 Å². The molecular formula is C19H21N5OS. The first-order valence-corrected chi connectivity index (χ1v) is 9.57. The summed E-state index contributed by atoms with van der Waals surface area (Å²) in [5.41, 5.74) is 2.01. The number of aromatic nitrogens is 3. The Morgan fingerprint density at radius 3 is 2.69 bits per heavy atom. The summed E-state index contributed by atoms with van der Waals surface area (Å²) in [4.78, 5) is 15.8. The summed E-state index contributed by atoms with van der Waals surface area (Å²) < 4.78 is 5.43. The Kier molecular flexibility index (Phi) is 5.08. The normalized spacial score (nSPS) is 15.2. The number of methoxy groups -OCH3 is 1. The zero-order valence-electron chi connectivity index (χ0n) is 14.6. The zero-order chi connectivity index (χ0) is 17.8. The van der Waals surface area contributed by atoms with Crippen molar-refractivity contribution in [3.05, 3.63) is 48.1 Å². The lowest BCUT2D eigenvalue weighted by Gasteiger charge is -2.32. The molecule has 26 heavy (non-hydrogen) atoms. The number of nitrogens with zero attached hydrogens (tertiary/aromatic N) is 4. The summed E-state index contributed by atoms with van der Waals surface area (Å²) in [5.74, 6) is 1.54. The van der Waals surface area contributed by atoms with E-state index in [0.717, 1.165) is 54.0 Å². The van der Waals surface area contributed by atoms with Crippen molar-refractivity contribution in [1.29, 1.82) is 0 Å². The van der Waals surface area contributed by atoms with Crippen molar-refractivity contribution in [3.63, 3.8) is 0 Å². The average molecular weight is 367 g/mol. The lowest BCUT2D eigenvalue weighted by Crippen LogP contribution is -2.36. The topological polar surface area (TPSA) is 63.2 Å². The van der Waals surface area contributed by atoms with Gasteiger partial charge in [-0.05, 0) is 37.1 Å². The van der Waals surface area contributed by atoms with Gasteiger partial charge in [-0.15, -0.1) is 11.3 Å². The van der Waals surface area contributed by atoms with E-state index in [0.29, 0.717) is 6.10 Å². The van der Waals surface area contributed by atoms with Crippen molar-refractivity contribution >= 4 is 28.7 Å². The molecule has 1 N–H and O–H groups in total. The van der Waals surface area contributed by atoms with Crippen LogP contribution in [0.3, 0.4) is 0 Å². The molecule has 1 fully saturated rings. The Morgan fingerprint density at radius 1 is 1.12 bits per heavy atom. The van der Waals surface area contributed by atoms with Gasteiger partial charge in [0.1, 0.15) is 22.3 Å². The molecular weight excluding hydrogens is 346 g/mol. The number of piperidine rings is 1. The molecule has 1 aliphatic rings. The second kappa shape index (κ2) is 7.80. The summed E-state index contributed by atoms with van der Waals surface area (Å²) in [6.45, 7) is 2.01. The predicted octanol–water partition coefficient (Wildman–Crippen LogP) is 3.96. The summed E-state index contributed by atoms with van der Waals surface area (Å²) in [6, 6.07) is 9.97. The standard InChI is InChI=1S/C19H21N5OS/c1-25-15-7-10-24(11-8-15)14-5-6-17(21-13-14)23-18-4-2-3-16(22-18)19-20-9-12-26-19/h2-6,9,12-13,15H,7-8,10-11H2,1H3,(H,21,22,23). The lowest BCUT2D eigenvalue weighted by atomic mass is 10.1. The molecule has 0 radical (unpaired) electrons. The molecule has 4 rings (SSSR count). The number of thiazole rings is 1. The van der Waals surface area contributed by atoms with Crippen LogP contribution in [0.1, 0.15) is 12.8 Å². The van der Waals surface area contributed by atoms with Gasteiger partial charge in [0.25, 0.3) is 0 Å². The third kappa shape index (κ3) is 3.84. The Hall–Kier alpha value is -2.51. The van der Waals surface area contributed by atoms with E-state index in [1.807, 2.05) is 35.8 Å². The van der Waals surface area contributed by atoms with Gasteiger partial charge in [0, 0.05) is 31.8 Å². The van der Waals surface area contributed by atoms with Crippen LogP contribution in [-0.4, -0.2) is 41.3 Å². The molecule has 0 unspecified atom stereocenters. The Labute approximate surface area is 156 Å². The van der Waals surface area contributed by atoms with Crippen molar-refractivity contribution in [2.24, 2.45) is 0 Å². The van der Waals surface area contributed by atoms with Gasteiger partial charge in [-0.2, -0.15) is 0 Å². The first-order chi connectivity index (χ1) is 12.8. The van der Waals surface area contributed by atoms with E-state index in [1.54, 1.807) is 24.6 Å². The van der Waals surface area contributed by atoms with E-state index in [4.69, 9.17) is 4.74 Å². The fourth-order valence-electron chi connectivity index (χ4n) is 3.10. The van der Waals surface area contributed by atoms with Crippen molar-refractivity contribution < 1.29 is 4.74 Å². The summed E-state index contributed by atoms with van der Waals surface area (Å²) >= 11 is 1.58. The molecule has 0 saturated carbocycles. The van der Waals surface area contributed by atoms with Gasteiger partial charge < -0.3 is 15.0 Å². The van der Waals surface area contributed by atoms with E-state index in [-0.39, 0.29) is 0 Å². The Balaban J connectivity index is 1.42. The van der Waals surface area contributed by atoms with Crippen LogP contribution in [0.5, 0.6) is 0 Å². The molecule has 4 heterocycles. The van der Waals surface area contributed by atoms with Crippen molar-refractivity contribution in [1.82, 2.24) is 15.0 Å². The van der Waals surface area contributed by atoms with Crippen molar-refractivity contribution in [2.75, 3.05) is 30.4 Å². The highest BCUT2D eigenvalue weighted by Gasteiger charge is 2.19. The minimum Gasteiger partial charge on any atom is -0.381 e. The van der Waals surface area contributed by atoms with E-state index < -0.39 is 0 Å². The van der Waals surface area contributed by atoms with Gasteiger partial charge in [0.2, 0.25) is 0 Å². The minimum absolute atomic E-state index is 0.385. The predicted molar refractivity (Wildman–Crippen MR) is 105 cm³/mol. The van der Waals surface area contributed by atoms with Crippen LogP contribution in [0, 0.1) is 0 Å². The molecule has 1 aliphatic heterocycles. The molecule has 0 bridgehead atoms. The average Bonchev–Trinajstić information content (AvgIpc) is 3.24. The highest BCUT2D eigenvalue weighted by atomic mass is 32.1. The van der Waals surface area contributed by atoms with Crippen LogP contribution in [0.25, 0.3) is 10.7 Å². The van der Waals surface area contributed by atoms with E-state index >= 15 is 0 Å². The van der Waals surface area contributed by atoms with Gasteiger partial charge in [-0.25, -0.2) is 15.0 Å². The van der Waals surface area contributed by atoms with Crippen LogP contribution >= 0.6 is 11.3 Å². The number of hydrogen-bond acceptors (Lipinski definition) is 7. The molecule has 134 valence electrons. The first kappa shape index (κ1) is 16.9. The van der Waals surface area contributed by atoms with Crippen LogP contribution in [-0.2, 0) is 4.74 Å². The van der Waals surface area contributed by atoms with Crippen LogP contribution in [0.4, 0.5) is 17.3 Å². The van der Waals surface area contributed by atoms with Crippen molar-refractivity contribution in [2.45, 2.75) is 18.9 Å². The number of ether oxygens (including phenoxy) is 1. The van der Waals surface area contributed by atoms with Gasteiger partial charge in [-0.3, -0.25) is 0 Å². The van der Waals surface area contributed by atoms with Gasteiger partial charge in [0.05, 0.1) is 18.0 Å². The van der Waals surface area contributed by atoms with Gasteiger partial charge in [-0.1, -0.05) is 6.07 Å². The molecule has 0 amide bonds. The molecule has 0 spiro atoms. The number of pyridine rings is 2. The highest BCUT2D eigenvalue weighted by molar-refractivity contribution is 7.13. The molecule has 0 atom stereocenters. The third-order valence-corrected chi connectivity index (χ3v) is 5.34. The highest BCUT2D eigenvalue weighted by Crippen LogP contribution is 2.24. The number of nitrogens with one attached hydrogen (secondary N) is 1. The van der Waals surface area contributed by atoms with E-state index in [2.05, 4.69) is 31.2 Å². The maximum Gasteiger partial charge on any atom is 0.141 e. The smallest absolute Gasteiger partial charge is 0.141 e. The van der Waals surface area contributed by atoms with Gasteiger partial charge in [0.15, 0.2) is 0 Å². The fraction of sp³-hybridized carbons (Fsp3) is 0.316. The number of anilines is 3. The lowest BCUT2D eigenvalue weighted by molar-refractivity contribution is 0.0819. The molecule has 3 aromatic heterocycles. The largest absolute Gasteiger partial charge is 0.381 e. The van der Waals surface area contributed by atoms with Crippen LogP contribution in [0.2, 0.25) is 0 Å². The molecule has 1 saturated heterocycles. The van der Waals surface area contributed by atoms with Crippen LogP contribution in [0.15, 0.2) is 48.1 Å². The minimum atomic E-state index is 0.385. The molecule has 0 aromatic carbocycles. The second-order valence-corrected chi connectivity index (χ2v) is 7.09. The zero-order valence-corrected chi connectivity index (χ0v) is 15.4. The third-order valence-electron chi connectivity index (χ3n) is 4.55. The summed E-state index contributed by atoms with van der Waals surface area (Å²) in [7, 11) is 1.79. The van der Waals surface area contributed by atoms with Gasteiger partial charge >= 0.3 is 0 Å². The SMILES string of the molecule is COC1CCN(c2ccc(Nc3cccc(-c4nccs4)n3)nc2)CC1. The number of rotatable bonds is 5. The van der Waals surface area contributed by atoms with E-state index in [9.17, 15) is 0 Å². The summed E-state index contributed by atoms with van der Waals surface area (Å²) in [6.07, 6.45) is 6.21. The molecule has 6 nitrogen and oxygen atoms in total. The second-order valence-electron chi connectivity index (χ2n) is 6.19. The van der Waals surface area contributed by atoms with Crippen molar-refractivity contribution in [3.8, 4) is 10.7 Å². The maximum atomic E-state index is 5.43. The molecule has 7 heteroatoms. The maximum absolute atomic E-state index is 5.43. The monoisotopic (exact) mass is 367 g/mol. The molecule has 3 aromatic rings.